The van der Waals surface area contributed by atoms with E-state index in [2.05, 4.69) is 31.5 Å². The van der Waals surface area contributed by atoms with E-state index in [1.165, 1.54) is 0 Å². The van der Waals surface area contributed by atoms with Gasteiger partial charge in [0.1, 0.15) is 5.69 Å². The molecule has 0 saturated carbocycles. The van der Waals surface area contributed by atoms with E-state index < -0.39 is 0 Å². The van der Waals surface area contributed by atoms with E-state index >= 15 is 0 Å². The highest BCUT2D eigenvalue weighted by Crippen LogP contribution is 2.34. The van der Waals surface area contributed by atoms with Gasteiger partial charge in [0.15, 0.2) is 0 Å². The number of nitrogens with zero attached hydrogens (tertiary/aromatic N) is 1. The van der Waals surface area contributed by atoms with Crippen LogP contribution in [0.1, 0.15) is 17.4 Å². The van der Waals surface area contributed by atoms with Crippen LogP contribution in [0, 0.1) is 0 Å². The van der Waals surface area contributed by atoms with E-state index in [9.17, 15) is 4.79 Å². The first kappa shape index (κ1) is 16.1. The maximum atomic E-state index is 12.2. The number of carbonyl (C=O) groups is 1. The summed E-state index contributed by atoms with van der Waals surface area (Å²) in [7, 11) is 0. The summed E-state index contributed by atoms with van der Waals surface area (Å²) in [6.45, 7) is 2.73. The van der Waals surface area contributed by atoms with Crippen molar-refractivity contribution in [2.45, 2.75) is 6.92 Å². The largest absolute Gasteiger partial charge is 0.385 e. The molecule has 0 bridgehead atoms. The molecule has 0 unspecified atom stereocenters. The molecule has 2 aromatic rings. The zero-order valence-electron chi connectivity index (χ0n) is 11.1. The van der Waals surface area contributed by atoms with Gasteiger partial charge >= 0.3 is 0 Å². The molecule has 0 aliphatic rings. The number of hydrogen-bond donors (Lipinski definition) is 2. The fourth-order valence-corrected chi connectivity index (χ4v) is 3.01. The predicted molar refractivity (Wildman–Crippen MR) is 90.5 cm³/mol. The Kier molecular flexibility index (Phi) is 5.45. The first-order valence-corrected chi connectivity index (χ1v) is 7.72. The van der Waals surface area contributed by atoms with E-state index in [1.807, 2.05) is 6.92 Å². The minimum absolute atomic E-state index is 0.281. The van der Waals surface area contributed by atoms with Gasteiger partial charge < -0.3 is 10.6 Å². The molecule has 0 fully saturated rings. The predicted octanol–water partition coefficient (Wildman–Crippen LogP) is 4.84. The number of benzene rings is 1. The SMILES string of the molecule is CCNc1ccnc(C(=O)Nc2c(Cl)cc(Br)cc2Cl)c1. The summed E-state index contributed by atoms with van der Waals surface area (Å²) in [6, 6.07) is 6.77. The number of anilines is 2. The van der Waals surface area contributed by atoms with Gasteiger partial charge in [-0.1, -0.05) is 39.1 Å². The fourth-order valence-electron chi connectivity index (χ4n) is 1.71. The standard InChI is InChI=1S/C14H12BrCl2N3O/c1-2-18-9-3-4-19-12(7-9)14(21)20-13-10(16)5-8(15)6-11(13)17/h3-7H,2H2,1H3,(H,18,19)(H,20,21). The summed E-state index contributed by atoms with van der Waals surface area (Å²) in [5, 5.41) is 6.50. The summed E-state index contributed by atoms with van der Waals surface area (Å²) in [4.78, 5) is 16.3. The molecule has 0 aliphatic heterocycles. The van der Waals surface area contributed by atoms with E-state index in [4.69, 9.17) is 23.2 Å². The smallest absolute Gasteiger partial charge is 0.274 e. The van der Waals surface area contributed by atoms with Crippen LogP contribution in [0.25, 0.3) is 0 Å². The number of aromatic nitrogens is 1. The highest BCUT2D eigenvalue weighted by Gasteiger charge is 2.14. The molecular weight excluding hydrogens is 377 g/mol. The van der Waals surface area contributed by atoms with Gasteiger partial charge in [-0.25, -0.2) is 0 Å². The molecule has 1 heterocycles. The minimum atomic E-state index is -0.374. The lowest BCUT2D eigenvalue weighted by Crippen LogP contribution is -2.14. The van der Waals surface area contributed by atoms with Gasteiger partial charge in [0.25, 0.3) is 5.91 Å². The highest BCUT2D eigenvalue weighted by atomic mass is 79.9. The lowest BCUT2D eigenvalue weighted by Gasteiger charge is -2.10. The average Bonchev–Trinajstić information content (AvgIpc) is 2.43. The van der Waals surface area contributed by atoms with Crippen LogP contribution in [0.2, 0.25) is 10.0 Å². The van der Waals surface area contributed by atoms with Gasteiger partial charge in [0, 0.05) is 22.9 Å². The summed E-state index contributed by atoms with van der Waals surface area (Å²) in [5.74, 6) is -0.374. The first-order valence-electron chi connectivity index (χ1n) is 6.17. The number of hydrogen-bond acceptors (Lipinski definition) is 3. The molecule has 0 spiro atoms. The zero-order chi connectivity index (χ0) is 15.4. The molecule has 0 aliphatic carbocycles. The molecule has 2 N–H and O–H groups in total. The Morgan fingerprint density at radius 1 is 1.29 bits per heavy atom. The van der Waals surface area contributed by atoms with Crippen molar-refractivity contribution in [3.8, 4) is 0 Å². The molecule has 1 amide bonds. The summed E-state index contributed by atoms with van der Waals surface area (Å²) >= 11 is 15.5. The van der Waals surface area contributed by atoms with E-state index in [0.717, 1.165) is 16.7 Å². The molecular formula is C14H12BrCl2N3O. The lowest BCUT2D eigenvalue weighted by molar-refractivity contribution is 0.102. The van der Waals surface area contributed by atoms with Gasteiger partial charge in [-0.05, 0) is 31.2 Å². The lowest BCUT2D eigenvalue weighted by atomic mass is 10.2. The second-order valence-corrected chi connectivity index (χ2v) is 5.89. The molecule has 0 atom stereocenters. The maximum Gasteiger partial charge on any atom is 0.274 e. The summed E-state index contributed by atoms with van der Waals surface area (Å²) < 4.78 is 0.739. The van der Waals surface area contributed by atoms with Crippen LogP contribution < -0.4 is 10.6 Å². The normalized spacial score (nSPS) is 10.3. The summed E-state index contributed by atoms with van der Waals surface area (Å²) in [6.07, 6.45) is 1.57. The van der Waals surface area contributed by atoms with Crippen molar-refractivity contribution in [1.82, 2.24) is 4.98 Å². The van der Waals surface area contributed by atoms with Crippen molar-refractivity contribution >= 4 is 56.4 Å². The molecule has 1 aromatic carbocycles. The second-order valence-electron chi connectivity index (χ2n) is 4.16. The Labute approximate surface area is 141 Å². The van der Waals surface area contributed by atoms with Crippen LogP contribution in [0.3, 0.4) is 0 Å². The topological polar surface area (TPSA) is 54.0 Å². The quantitative estimate of drug-likeness (QED) is 0.788. The number of nitrogens with one attached hydrogen (secondary N) is 2. The summed E-state index contributed by atoms with van der Waals surface area (Å²) in [5.41, 5.74) is 1.47. The second kappa shape index (κ2) is 7.11. The maximum absolute atomic E-state index is 12.2. The number of amides is 1. The monoisotopic (exact) mass is 387 g/mol. The van der Waals surface area contributed by atoms with Gasteiger partial charge in [-0.3, -0.25) is 9.78 Å². The van der Waals surface area contributed by atoms with Crippen molar-refractivity contribution in [3.05, 3.63) is 50.7 Å². The Hall–Kier alpha value is -1.30. The van der Waals surface area contributed by atoms with Crippen molar-refractivity contribution in [1.29, 1.82) is 0 Å². The third-order valence-electron chi connectivity index (χ3n) is 2.62. The minimum Gasteiger partial charge on any atom is -0.385 e. The van der Waals surface area contributed by atoms with Crippen LogP contribution in [0.4, 0.5) is 11.4 Å². The van der Waals surface area contributed by atoms with E-state index in [0.29, 0.717) is 15.7 Å². The van der Waals surface area contributed by atoms with Gasteiger partial charge in [0.05, 0.1) is 15.7 Å². The molecule has 1 aromatic heterocycles. The number of halogens is 3. The molecule has 2 rings (SSSR count). The van der Waals surface area contributed by atoms with Crippen LogP contribution in [0.5, 0.6) is 0 Å². The van der Waals surface area contributed by atoms with E-state index in [-0.39, 0.29) is 11.6 Å². The third-order valence-corrected chi connectivity index (χ3v) is 3.67. The van der Waals surface area contributed by atoms with E-state index in [1.54, 1.807) is 30.5 Å². The third kappa shape index (κ3) is 4.09. The van der Waals surface area contributed by atoms with Gasteiger partial charge in [-0.2, -0.15) is 0 Å². The average molecular weight is 389 g/mol. The van der Waals surface area contributed by atoms with Crippen LogP contribution in [-0.4, -0.2) is 17.4 Å². The van der Waals surface area contributed by atoms with Crippen LogP contribution >= 0.6 is 39.1 Å². The van der Waals surface area contributed by atoms with Crippen molar-refractivity contribution in [2.75, 3.05) is 17.2 Å². The van der Waals surface area contributed by atoms with Gasteiger partial charge in [-0.15, -0.1) is 0 Å². The molecule has 21 heavy (non-hydrogen) atoms. The Morgan fingerprint density at radius 3 is 2.57 bits per heavy atom. The van der Waals surface area contributed by atoms with Gasteiger partial charge in [0.2, 0.25) is 0 Å². The molecule has 7 heteroatoms. The molecule has 0 saturated heterocycles. The van der Waals surface area contributed by atoms with Crippen molar-refractivity contribution in [3.63, 3.8) is 0 Å². The molecule has 4 nitrogen and oxygen atoms in total. The fraction of sp³-hybridized carbons (Fsp3) is 0.143. The number of carbonyl (C=O) groups excluding carboxylic acids is 1. The zero-order valence-corrected chi connectivity index (χ0v) is 14.2. The van der Waals surface area contributed by atoms with Crippen LogP contribution in [0.15, 0.2) is 34.9 Å². The Bertz CT molecular complexity index is 656. The highest BCUT2D eigenvalue weighted by molar-refractivity contribution is 9.10. The van der Waals surface area contributed by atoms with Crippen LogP contribution in [-0.2, 0) is 0 Å². The first-order chi connectivity index (χ1) is 10.0. The Balaban J connectivity index is 2.24. The molecule has 110 valence electrons. The molecule has 0 radical (unpaired) electrons. The van der Waals surface area contributed by atoms with Crippen molar-refractivity contribution < 1.29 is 4.79 Å². The number of rotatable bonds is 4. The number of pyridine rings is 1. The van der Waals surface area contributed by atoms with Crippen molar-refractivity contribution in [2.24, 2.45) is 0 Å². The Morgan fingerprint density at radius 2 is 1.95 bits per heavy atom.